The topological polar surface area (TPSA) is 74.7 Å². The van der Waals surface area contributed by atoms with Gasteiger partial charge in [-0.25, -0.2) is 0 Å². The summed E-state index contributed by atoms with van der Waals surface area (Å²) in [7, 11) is 0. The van der Waals surface area contributed by atoms with Crippen molar-refractivity contribution in [3.8, 4) is 0 Å². The van der Waals surface area contributed by atoms with Crippen molar-refractivity contribution in [1.82, 2.24) is 9.97 Å². The lowest BCUT2D eigenvalue weighted by Crippen LogP contribution is -1.88. The zero-order chi connectivity index (χ0) is 10.3. The average Bonchev–Trinajstić information content (AvgIpc) is 2.42. The van der Waals surface area contributed by atoms with Crippen LogP contribution >= 0.6 is 28.1 Å². The van der Waals surface area contributed by atoms with E-state index in [0.29, 0.717) is 14.8 Å². The van der Waals surface area contributed by atoms with E-state index in [0.717, 1.165) is 5.52 Å². The largest absolute Gasteiger partial charge is 0.331 e. The van der Waals surface area contributed by atoms with Gasteiger partial charge in [-0.2, -0.15) is 0 Å². The molecule has 2 N–H and O–H groups in total. The number of fused-ring (bicyclic) bond motifs is 1. The first-order valence-electron chi connectivity index (χ1n) is 3.64. The molecule has 0 spiro atoms. The van der Waals surface area contributed by atoms with Crippen molar-refractivity contribution in [1.29, 1.82) is 0 Å². The Bertz CT molecular complexity index is 574. The van der Waals surface area contributed by atoms with Gasteiger partial charge in [-0.05, 0) is 34.2 Å². The number of aromatic nitrogens is 2. The Hall–Kier alpha value is -1.21. The Kier molecular flexibility index (Phi) is 2.12. The second-order valence-electron chi connectivity index (χ2n) is 2.69. The van der Waals surface area contributed by atoms with Crippen LogP contribution in [0.25, 0.3) is 11.0 Å². The Balaban J connectivity index is 2.82. The third-order valence-electron chi connectivity index (χ3n) is 1.78. The van der Waals surface area contributed by atoms with E-state index < -0.39 is 4.92 Å². The van der Waals surface area contributed by atoms with Crippen LogP contribution in [0.15, 0.2) is 16.6 Å². The predicted molar refractivity (Wildman–Crippen MR) is 57.8 cm³/mol. The number of benzene rings is 1. The van der Waals surface area contributed by atoms with Crippen LogP contribution in [0.3, 0.4) is 0 Å². The van der Waals surface area contributed by atoms with Gasteiger partial charge in [-0.1, -0.05) is 0 Å². The highest BCUT2D eigenvalue weighted by Crippen LogP contribution is 2.28. The molecule has 0 bridgehead atoms. The maximum atomic E-state index is 10.6. The molecule has 0 radical (unpaired) electrons. The Morgan fingerprint density at radius 3 is 2.50 bits per heavy atom. The van der Waals surface area contributed by atoms with Crippen molar-refractivity contribution in [3.05, 3.63) is 31.5 Å². The molecule has 1 aromatic carbocycles. The number of hydrogen-bond donors (Lipinski definition) is 2. The minimum Gasteiger partial charge on any atom is -0.331 e. The summed E-state index contributed by atoms with van der Waals surface area (Å²) in [6.45, 7) is 0. The third kappa shape index (κ3) is 1.44. The quantitative estimate of drug-likeness (QED) is 0.477. The lowest BCUT2D eigenvalue weighted by Gasteiger charge is -1.94. The van der Waals surface area contributed by atoms with Gasteiger partial charge in [0.25, 0.3) is 5.69 Å². The molecule has 0 aliphatic rings. The Morgan fingerprint density at radius 1 is 1.36 bits per heavy atom. The fourth-order valence-electron chi connectivity index (χ4n) is 1.18. The van der Waals surface area contributed by atoms with Crippen LogP contribution in [-0.4, -0.2) is 14.9 Å². The lowest BCUT2D eigenvalue weighted by atomic mass is 10.3. The number of nitro benzene ring substituents is 1. The smallest absolute Gasteiger partial charge is 0.285 e. The summed E-state index contributed by atoms with van der Waals surface area (Å²) in [6.07, 6.45) is 0. The fourth-order valence-corrected chi connectivity index (χ4v) is 1.89. The molecule has 0 amide bonds. The van der Waals surface area contributed by atoms with Crippen molar-refractivity contribution in [3.63, 3.8) is 0 Å². The van der Waals surface area contributed by atoms with Crippen LogP contribution in [0, 0.1) is 14.9 Å². The number of aromatic amines is 2. The number of hydrogen-bond acceptors (Lipinski definition) is 3. The maximum absolute atomic E-state index is 10.6. The summed E-state index contributed by atoms with van der Waals surface area (Å²) in [4.78, 5) is 15.8. The number of rotatable bonds is 1. The second kappa shape index (κ2) is 3.18. The number of halogens is 1. The molecule has 1 heterocycles. The number of nitrogens with zero attached hydrogens (tertiary/aromatic N) is 1. The molecule has 0 saturated heterocycles. The Labute approximate surface area is 91.4 Å². The highest BCUT2D eigenvalue weighted by molar-refractivity contribution is 9.10. The molecule has 2 aromatic rings. The first-order valence-corrected chi connectivity index (χ1v) is 4.84. The summed E-state index contributed by atoms with van der Waals surface area (Å²) in [6, 6.07) is 3.06. The van der Waals surface area contributed by atoms with E-state index in [9.17, 15) is 10.1 Å². The average molecular weight is 274 g/mol. The van der Waals surface area contributed by atoms with Crippen molar-refractivity contribution in [2.24, 2.45) is 0 Å². The van der Waals surface area contributed by atoms with E-state index in [1.165, 1.54) is 6.07 Å². The van der Waals surface area contributed by atoms with E-state index in [1.807, 2.05) is 0 Å². The summed E-state index contributed by atoms with van der Waals surface area (Å²) in [5, 5.41) is 10.6. The van der Waals surface area contributed by atoms with Crippen LogP contribution in [0.4, 0.5) is 5.69 Å². The third-order valence-corrected chi connectivity index (χ3v) is 2.62. The van der Waals surface area contributed by atoms with Crippen molar-refractivity contribution >= 4 is 44.9 Å². The van der Waals surface area contributed by atoms with E-state index in [4.69, 9.17) is 12.2 Å². The van der Waals surface area contributed by atoms with Gasteiger partial charge in [-0.3, -0.25) is 10.1 Å². The molecular formula is C7H4BrN3O2S. The monoisotopic (exact) mass is 273 g/mol. The Morgan fingerprint density at radius 2 is 1.93 bits per heavy atom. The highest BCUT2D eigenvalue weighted by Gasteiger charge is 2.13. The molecule has 0 fully saturated rings. The zero-order valence-electron chi connectivity index (χ0n) is 6.70. The number of nitro groups is 1. The van der Waals surface area contributed by atoms with Crippen LogP contribution in [0.1, 0.15) is 0 Å². The van der Waals surface area contributed by atoms with E-state index in [2.05, 4.69) is 25.9 Å². The van der Waals surface area contributed by atoms with E-state index >= 15 is 0 Å². The van der Waals surface area contributed by atoms with Gasteiger partial charge in [0.15, 0.2) is 4.77 Å². The molecule has 14 heavy (non-hydrogen) atoms. The first-order chi connectivity index (χ1) is 6.58. The number of nitrogens with one attached hydrogen (secondary N) is 2. The SMILES string of the molecule is O=[N+]([O-])c1cc2[nH]c(=S)[nH]c2cc1Br. The van der Waals surface area contributed by atoms with Gasteiger partial charge >= 0.3 is 0 Å². The van der Waals surface area contributed by atoms with Gasteiger partial charge in [0, 0.05) is 6.07 Å². The molecule has 5 nitrogen and oxygen atoms in total. The molecule has 1 aromatic heterocycles. The maximum Gasteiger partial charge on any atom is 0.285 e. The fraction of sp³-hybridized carbons (Fsp3) is 0. The molecule has 2 rings (SSSR count). The van der Waals surface area contributed by atoms with Crippen molar-refractivity contribution in [2.45, 2.75) is 0 Å². The van der Waals surface area contributed by atoms with Crippen LogP contribution in [0.5, 0.6) is 0 Å². The van der Waals surface area contributed by atoms with E-state index in [1.54, 1.807) is 6.07 Å². The van der Waals surface area contributed by atoms with E-state index in [-0.39, 0.29) is 5.69 Å². The zero-order valence-corrected chi connectivity index (χ0v) is 9.11. The van der Waals surface area contributed by atoms with Crippen molar-refractivity contribution in [2.75, 3.05) is 0 Å². The molecule has 7 heteroatoms. The molecule has 0 saturated carbocycles. The standard InChI is InChI=1S/C7H4BrN3O2S/c8-3-1-4-5(10-7(14)9-4)2-6(3)11(12)13/h1-2H,(H2,9,10,14). The normalized spacial score (nSPS) is 10.6. The lowest BCUT2D eigenvalue weighted by molar-refractivity contribution is -0.385. The second-order valence-corrected chi connectivity index (χ2v) is 3.95. The molecule has 72 valence electrons. The molecular weight excluding hydrogens is 270 g/mol. The molecule has 0 aliphatic heterocycles. The predicted octanol–water partition coefficient (Wildman–Crippen LogP) is 2.90. The molecule has 0 atom stereocenters. The van der Waals surface area contributed by atoms with Gasteiger partial charge in [0.2, 0.25) is 0 Å². The van der Waals surface area contributed by atoms with Gasteiger partial charge in [-0.15, -0.1) is 0 Å². The summed E-state index contributed by atoms with van der Waals surface area (Å²) < 4.78 is 0.882. The molecule has 0 aliphatic carbocycles. The van der Waals surface area contributed by atoms with Gasteiger partial charge in [0.1, 0.15) is 0 Å². The first kappa shape index (κ1) is 9.35. The summed E-state index contributed by atoms with van der Waals surface area (Å²) >= 11 is 7.99. The number of imidazole rings is 1. The van der Waals surface area contributed by atoms with Gasteiger partial charge < -0.3 is 9.97 Å². The number of H-pyrrole nitrogens is 2. The molecule has 0 unspecified atom stereocenters. The van der Waals surface area contributed by atoms with Crippen LogP contribution in [-0.2, 0) is 0 Å². The van der Waals surface area contributed by atoms with Gasteiger partial charge in [0.05, 0.1) is 20.4 Å². The van der Waals surface area contributed by atoms with Crippen LogP contribution in [0.2, 0.25) is 0 Å². The summed E-state index contributed by atoms with van der Waals surface area (Å²) in [5.41, 5.74) is 1.39. The summed E-state index contributed by atoms with van der Waals surface area (Å²) in [5.74, 6) is 0. The minimum absolute atomic E-state index is 0.0164. The highest BCUT2D eigenvalue weighted by atomic mass is 79.9. The van der Waals surface area contributed by atoms with Crippen LogP contribution < -0.4 is 0 Å². The van der Waals surface area contributed by atoms with Crippen molar-refractivity contribution < 1.29 is 4.92 Å². The minimum atomic E-state index is -0.451.